The minimum Gasteiger partial charge on any atom is -0.368 e. The van der Waals surface area contributed by atoms with Crippen molar-refractivity contribution in [3.63, 3.8) is 0 Å². The van der Waals surface area contributed by atoms with Crippen LogP contribution in [0.1, 0.15) is 21.8 Å². The van der Waals surface area contributed by atoms with Gasteiger partial charge in [-0.1, -0.05) is 53.3 Å². The van der Waals surface area contributed by atoms with Crippen molar-refractivity contribution in [2.45, 2.75) is 30.7 Å². The summed E-state index contributed by atoms with van der Waals surface area (Å²) in [5, 5.41) is 9.69. The van der Waals surface area contributed by atoms with Crippen LogP contribution in [-0.2, 0) is 21.2 Å². The van der Waals surface area contributed by atoms with Gasteiger partial charge in [0.15, 0.2) is 0 Å². The fourth-order valence-electron chi connectivity index (χ4n) is 5.55. The Morgan fingerprint density at radius 3 is 2.45 bits per heavy atom. The molecule has 222 valence electrons. The Labute approximate surface area is 257 Å². The lowest BCUT2D eigenvalue weighted by molar-refractivity contribution is -0.132. The molecule has 1 saturated heterocycles. The first-order valence-electron chi connectivity index (χ1n) is 13.9. The molecule has 1 fully saturated rings. The Hall–Kier alpha value is -3.67. The van der Waals surface area contributed by atoms with Gasteiger partial charge in [0.25, 0.3) is 10.0 Å². The first-order valence-corrected chi connectivity index (χ1v) is 16.6. The highest BCUT2D eigenvalue weighted by Gasteiger charge is 2.31. The molecular formula is C30H35ClN6O3S2. The van der Waals surface area contributed by atoms with Crippen molar-refractivity contribution in [1.82, 2.24) is 15.1 Å². The van der Waals surface area contributed by atoms with Crippen LogP contribution in [0.25, 0.3) is 10.6 Å². The number of amides is 1. The van der Waals surface area contributed by atoms with Gasteiger partial charge in [-0.25, -0.2) is 8.42 Å². The molecule has 6 rings (SSSR count). The number of hydrogen-bond acceptors (Lipinski definition) is 8. The average Bonchev–Trinajstić information content (AvgIpc) is 3.48. The number of fused-ring (bicyclic) bond motifs is 1. The van der Waals surface area contributed by atoms with Crippen LogP contribution < -0.4 is 14.5 Å². The normalized spacial score (nSPS) is 16.2. The molecular weight excluding hydrogens is 592 g/mol. The van der Waals surface area contributed by atoms with E-state index >= 15 is 0 Å². The number of aryl methyl sites for hydroxylation is 1. The van der Waals surface area contributed by atoms with E-state index < -0.39 is 10.0 Å². The van der Waals surface area contributed by atoms with Crippen molar-refractivity contribution in [2.24, 2.45) is 0 Å². The van der Waals surface area contributed by atoms with Crippen molar-refractivity contribution >= 4 is 55.4 Å². The molecule has 1 amide bonds. The molecule has 0 aliphatic carbocycles. The third kappa shape index (κ3) is 5.95. The summed E-state index contributed by atoms with van der Waals surface area (Å²) in [4.78, 5) is 19.9. The second kappa shape index (κ2) is 11.9. The van der Waals surface area contributed by atoms with E-state index in [0.29, 0.717) is 31.2 Å². The number of anilines is 3. The average molecular weight is 627 g/mol. The summed E-state index contributed by atoms with van der Waals surface area (Å²) >= 11 is 7.38. The third-order valence-corrected chi connectivity index (χ3v) is 10.4. The SMILES string of the molecule is C[C@@H](C(=O)N1CCN(c2ccc(S(=O)(=O)Nc3nnc(-c4ccccc4)s3)cc2)CC1)N1CCCc2cc(Cl)ccc21.[HH].[HH]. The zero-order valence-corrected chi connectivity index (χ0v) is 25.5. The molecule has 2 aliphatic heterocycles. The van der Waals surface area contributed by atoms with Crippen LogP contribution in [-0.4, -0.2) is 68.2 Å². The minimum atomic E-state index is -3.82. The summed E-state index contributed by atoms with van der Waals surface area (Å²) in [5.41, 5.74) is 4.08. The maximum Gasteiger partial charge on any atom is 0.263 e. The van der Waals surface area contributed by atoms with Gasteiger partial charge in [0.1, 0.15) is 11.0 Å². The lowest BCUT2D eigenvalue weighted by Gasteiger charge is -2.41. The van der Waals surface area contributed by atoms with Crippen LogP contribution in [0.3, 0.4) is 0 Å². The van der Waals surface area contributed by atoms with E-state index in [1.807, 2.05) is 60.4 Å². The van der Waals surface area contributed by atoms with E-state index in [4.69, 9.17) is 11.6 Å². The number of benzene rings is 3. The summed E-state index contributed by atoms with van der Waals surface area (Å²) in [6.07, 6.45) is 1.97. The molecule has 12 heteroatoms. The molecule has 0 unspecified atom stereocenters. The molecule has 0 saturated carbocycles. The van der Waals surface area contributed by atoms with Gasteiger partial charge in [0, 0.05) is 57.5 Å². The van der Waals surface area contributed by atoms with Crippen LogP contribution in [0.15, 0.2) is 77.7 Å². The molecule has 42 heavy (non-hydrogen) atoms. The lowest BCUT2D eigenvalue weighted by Crippen LogP contribution is -2.55. The van der Waals surface area contributed by atoms with Crippen molar-refractivity contribution in [1.29, 1.82) is 0 Å². The summed E-state index contributed by atoms with van der Waals surface area (Å²) < 4.78 is 28.5. The monoisotopic (exact) mass is 626 g/mol. The third-order valence-electron chi connectivity index (χ3n) is 7.79. The van der Waals surface area contributed by atoms with Gasteiger partial charge in [0.2, 0.25) is 11.0 Å². The molecule has 0 bridgehead atoms. The molecule has 1 atom stereocenters. The number of rotatable bonds is 7. The first-order chi connectivity index (χ1) is 20.3. The Bertz CT molecular complexity index is 1680. The fourth-order valence-corrected chi connectivity index (χ4v) is 7.73. The number of sulfonamides is 1. The van der Waals surface area contributed by atoms with E-state index in [9.17, 15) is 13.2 Å². The first kappa shape index (κ1) is 28.4. The van der Waals surface area contributed by atoms with Gasteiger partial charge < -0.3 is 14.7 Å². The quantitative estimate of drug-likeness (QED) is 0.283. The predicted octanol–water partition coefficient (Wildman–Crippen LogP) is 5.64. The van der Waals surface area contributed by atoms with Crippen LogP contribution in [0, 0.1) is 0 Å². The van der Waals surface area contributed by atoms with Gasteiger partial charge >= 0.3 is 0 Å². The van der Waals surface area contributed by atoms with Gasteiger partial charge in [-0.05, 0) is 67.8 Å². The number of nitrogens with one attached hydrogen (secondary N) is 1. The van der Waals surface area contributed by atoms with Gasteiger partial charge in [-0.15, -0.1) is 10.2 Å². The van der Waals surface area contributed by atoms with Gasteiger partial charge in [0.05, 0.1) is 4.90 Å². The summed E-state index contributed by atoms with van der Waals surface area (Å²) in [5.74, 6) is 0.122. The molecule has 1 N–H and O–H groups in total. The van der Waals surface area contributed by atoms with Crippen molar-refractivity contribution in [3.05, 3.63) is 83.4 Å². The Kier molecular flexibility index (Phi) is 8.06. The van der Waals surface area contributed by atoms with Crippen molar-refractivity contribution in [2.75, 3.05) is 47.2 Å². The fraction of sp³-hybridized carbons (Fsp3) is 0.300. The van der Waals surface area contributed by atoms with E-state index in [1.54, 1.807) is 24.3 Å². The van der Waals surface area contributed by atoms with Crippen LogP contribution >= 0.6 is 22.9 Å². The summed E-state index contributed by atoms with van der Waals surface area (Å²) in [7, 11) is -3.82. The predicted molar refractivity (Wildman–Crippen MR) is 172 cm³/mol. The number of aromatic nitrogens is 2. The molecule has 4 aromatic rings. The van der Waals surface area contributed by atoms with Gasteiger partial charge in [-0.2, -0.15) is 0 Å². The zero-order valence-electron chi connectivity index (χ0n) is 23.1. The minimum absolute atomic E-state index is 0. The largest absolute Gasteiger partial charge is 0.368 e. The van der Waals surface area contributed by atoms with Crippen LogP contribution in [0.5, 0.6) is 0 Å². The van der Waals surface area contributed by atoms with Crippen molar-refractivity contribution < 1.29 is 16.1 Å². The number of nitrogens with zero attached hydrogens (tertiary/aromatic N) is 5. The van der Waals surface area contributed by atoms with Gasteiger partial charge in [-0.3, -0.25) is 9.52 Å². The smallest absolute Gasteiger partial charge is 0.263 e. The van der Waals surface area contributed by atoms with Crippen LogP contribution in [0.2, 0.25) is 5.02 Å². The molecule has 1 aromatic heterocycles. The highest BCUT2D eigenvalue weighted by Crippen LogP contribution is 2.32. The number of piperazine rings is 1. The molecule has 0 spiro atoms. The number of halogens is 1. The van der Waals surface area contributed by atoms with Crippen molar-refractivity contribution in [3.8, 4) is 10.6 Å². The summed E-state index contributed by atoms with van der Waals surface area (Å²) in [6.45, 7) is 5.37. The molecule has 3 aromatic carbocycles. The molecule has 3 heterocycles. The van der Waals surface area contributed by atoms with E-state index in [2.05, 4.69) is 24.7 Å². The lowest BCUT2D eigenvalue weighted by atomic mass is 10.00. The molecule has 0 radical (unpaired) electrons. The number of carbonyl (C=O) groups excluding carboxylic acids is 1. The standard InChI is InChI=1S/C30H31ClN6O3S2.2H2/c1-21(37-15-5-8-23-20-24(31)9-14-27(23)37)29(38)36-18-16-35(17-19-36)25-10-12-26(13-11-25)42(39,40)34-30-33-32-28(41-30)22-6-3-2-4-7-22;;/h2-4,6-7,9-14,20-21H,5,8,15-19H2,1H3,(H,33,34);2*1H/t21-;;/m0../s1. The van der Waals surface area contributed by atoms with E-state index in [-0.39, 0.29) is 24.8 Å². The zero-order chi connectivity index (χ0) is 29.3. The van der Waals surface area contributed by atoms with E-state index in [0.717, 1.165) is 41.3 Å². The maximum absolute atomic E-state index is 13.5. The number of carbonyl (C=O) groups is 1. The molecule has 2 aliphatic rings. The van der Waals surface area contributed by atoms with E-state index in [1.165, 1.54) is 16.9 Å². The molecule has 9 nitrogen and oxygen atoms in total. The topological polar surface area (TPSA) is 98.7 Å². The Balaban J connectivity index is 0.00000221. The second-order valence-electron chi connectivity index (χ2n) is 10.4. The highest BCUT2D eigenvalue weighted by molar-refractivity contribution is 7.93. The summed E-state index contributed by atoms with van der Waals surface area (Å²) in [6, 6.07) is 22.0. The number of hydrogen-bond donors (Lipinski definition) is 1. The van der Waals surface area contributed by atoms with Crippen LogP contribution in [0.4, 0.5) is 16.5 Å². The maximum atomic E-state index is 13.5. The second-order valence-corrected chi connectivity index (χ2v) is 13.5. The highest BCUT2D eigenvalue weighted by atomic mass is 35.5. The Morgan fingerprint density at radius 1 is 0.976 bits per heavy atom. The Morgan fingerprint density at radius 2 is 1.71 bits per heavy atom.